The van der Waals surface area contributed by atoms with Gasteiger partial charge in [-0.2, -0.15) is 0 Å². The van der Waals surface area contributed by atoms with E-state index in [1.165, 1.54) is 5.56 Å². The van der Waals surface area contributed by atoms with E-state index >= 15 is 0 Å². The lowest BCUT2D eigenvalue weighted by atomic mass is 9.46. The summed E-state index contributed by atoms with van der Waals surface area (Å²) < 4.78 is 13.7. The number of ketones is 2. The predicted molar refractivity (Wildman–Crippen MR) is 163 cm³/mol. The van der Waals surface area contributed by atoms with Gasteiger partial charge in [-0.1, -0.05) is 67.1 Å². The molecule has 7 rings (SSSR count). The maximum Gasteiger partial charge on any atom is 0.193 e. The molecule has 0 unspecified atom stereocenters. The van der Waals surface area contributed by atoms with Crippen LogP contribution >= 0.6 is 11.8 Å². The van der Waals surface area contributed by atoms with Crippen LogP contribution < -0.4 is 0 Å². The minimum absolute atomic E-state index is 0.00631. The van der Waals surface area contributed by atoms with E-state index in [4.69, 9.17) is 9.47 Å². The number of rotatable bonds is 5. The molecule has 1 saturated heterocycles. The van der Waals surface area contributed by atoms with Gasteiger partial charge >= 0.3 is 0 Å². The lowest BCUT2D eigenvalue weighted by molar-refractivity contribution is -0.237. The molecule has 43 heavy (non-hydrogen) atoms. The lowest BCUT2D eigenvalue weighted by Gasteiger charge is -2.60. The summed E-state index contributed by atoms with van der Waals surface area (Å²) in [5.74, 6) is -1.44. The Labute approximate surface area is 257 Å². The molecule has 6 nitrogen and oxygen atoms in total. The summed E-state index contributed by atoms with van der Waals surface area (Å²) in [5.41, 5.74) is 0.607. The topological polar surface area (TPSA) is 93.1 Å². The minimum Gasteiger partial charge on any atom is -0.393 e. The molecular formula is C36H40O6S. The number of Topliss-reactive ketones (excluding diaryl/α,β-unsaturated/α-hetero) is 1. The number of hydrogen-bond acceptors (Lipinski definition) is 7. The van der Waals surface area contributed by atoms with Gasteiger partial charge in [0.05, 0.1) is 12.2 Å². The van der Waals surface area contributed by atoms with Crippen molar-refractivity contribution in [3.63, 3.8) is 0 Å². The van der Waals surface area contributed by atoms with E-state index in [0.717, 1.165) is 33.8 Å². The molecule has 0 aromatic heterocycles. The molecule has 5 aliphatic rings. The zero-order valence-electron chi connectivity index (χ0n) is 25.2. The van der Waals surface area contributed by atoms with E-state index in [9.17, 15) is 19.8 Å². The second-order valence-electron chi connectivity index (χ2n) is 13.9. The van der Waals surface area contributed by atoms with Gasteiger partial charge in [0.15, 0.2) is 23.0 Å². The smallest absolute Gasteiger partial charge is 0.193 e. The van der Waals surface area contributed by atoms with Crippen molar-refractivity contribution in [2.75, 3.05) is 6.61 Å². The molecule has 7 heteroatoms. The number of allylic oxidation sites excluding steroid dienone is 4. The van der Waals surface area contributed by atoms with Crippen molar-refractivity contribution in [3.8, 4) is 0 Å². The summed E-state index contributed by atoms with van der Waals surface area (Å²) in [4.78, 5) is 28.3. The monoisotopic (exact) mass is 600 g/mol. The van der Waals surface area contributed by atoms with Gasteiger partial charge in [0.1, 0.15) is 6.61 Å². The van der Waals surface area contributed by atoms with E-state index in [2.05, 4.69) is 45.0 Å². The Morgan fingerprint density at radius 3 is 2.40 bits per heavy atom. The van der Waals surface area contributed by atoms with Gasteiger partial charge in [0.2, 0.25) is 0 Å². The average Bonchev–Trinajstić information content (AvgIpc) is 3.42. The van der Waals surface area contributed by atoms with Crippen LogP contribution in [0.5, 0.6) is 0 Å². The maximum absolute atomic E-state index is 13.9. The molecular weight excluding hydrogens is 560 g/mol. The third-order valence-electron chi connectivity index (χ3n) is 11.6. The number of ether oxygens (including phenoxy) is 2. The number of fused-ring (bicyclic) bond motifs is 7. The summed E-state index contributed by atoms with van der Waals surface area (Å²) in [5, 5.41) is 22.2. The van der Waals surface area contributed by atoms with E-state index in [0.29, 0.717) is 12.8 Å². The summed E-state index contributed by atoms with van der Waals surface area (Å²) in [7, 11) is 0. The van der Waals surface area contributed by atoms with Crippen molar-refractivity contribution in [1.82, 2.24) is 0 Å². The lowest BCUT2D eigenvalue weighted by Crippen LogP contribution is -2.63. The Balaban J connectivity index is 1.20. The molecule has 0 bridgehead atoms. The molecule has 226 valence electrons. The average molecular weight is 601 g/mol. The fourth-order valence-electron chi connectivity index (χ4n) is 9.58. The van der Waals surface area contributed by atoms with Gasteiger partial charge in [-0.15, -0.1) is 0 Å². The zero-order valence-corrected chi connectivity index (χ0v) is 26.0. The molecule has 2 aromatic carbocycles. The summed E-state index contributed by atoms with van der Waals surface area (Å²) >= 11 is 1.68. The van der Waals surface area contributed by atoms with Crippen LogP contribution in [0.15, 0.2) is 82.1 Å². The molecule has 0 spiro atoms. The first-order chi connectivity index (χ1) is 20.4. The van der Waals surface area contributed by atoms with E-state index < -0.39 is 41.0 Å². The van der Waals surface area contributed by atoms with Crippen LogP contribution in [0.3, 0.4) is 0 Å². The first-order valence-corrected chi connectivity index (χ1v) is 16.2. The van der Waals surface area contributed by atoms with Crippen LogP contribution in [-0.2, 0) is 24.8 Å². The van der Waals surface area contributed by atoms with E-state index in [1.807, 2.05) is 37.3 Å². The molecule has 1 heterocycles. The highest BCUT2D eigenvalue weighted by Gasteiger charge is 2.77. The fourth-order valence-corrected chi connectivity index (χ4v) is 10.4. The van der Waals surface area contributed by atoms with Crippen molar-refractivity contribution in [2.24, 2.45) is 28.6 Å². The Bertz CT molecular complexity index is 1530. The SMILES string of the molecule is Cc1ccc(Sc2ccc([C@]3(C)O[C@@H]4C[C@H]5[C@@H]6CCC7=CC(=O)C=C[C@]7(C)[C@H]6[C@@H](O)C[C@]5(C)[C@]4(C(=O)CO)O3)cc2)cc1. The van der Waals surface area contributed by atoms with Crippen LogP contribution in [0.25, 0.3) is 0 Å². The van der Waals surface area contributed by atoms with Gasteiger partial charge in [0.25, 0.3) is 0 Å². The molecule has 1 aliphatic heterocycles. The van der Waals surface area contributed by atoms with Crippen LogP contribution in [0.1, 0.15) is 57.6 Å². The molecule has 0 amide bonds. The highest BCUT2D eigenvalue weighted by molar-refractivity contribution is 7.99. The quantitative estimate of drug-likeness (QED) is 0.440. The maximum atomic E-state index is 13.9. The first-order valence-electron chi connectivity index (χ1n) is 15.4. The molecule has 4 fully saturated rings. The molecule has 0 radical (unpaired) electrons. The van der Waals surface area contributed by atoms with Crippen LogP contribution in [0.2, 0.25) is 0 Å². The number of carbonyl (C=O) groups excluding carboxylic acids is 2. The van der Waals surface area contributed by atoms with Gasteiger partial charge in [-0.3, -0.25) is 9.59 Å². The van der Waals surface area contributed by atoms with E-state index in [1.54, 1.807) is 23.9 Å². The molecule has 2 N–H and O–H groups in total. The number of hydrogen-bond donors (Lipinski definition) is 2. The second kappa shape index (κ2) is 9.98. The van der Waals surface area contributed by atoms with Crippen LogP contribution in [-0.4, -0.2) is 46.2 Å². The van der Waals surface area contributed by atoms with Gasteiger partial charge in [0, 0.05) is 32.1 Å². The van der Waals surface area contributed by atoms with Gasteiger partial charge in [-0.25, -0.2) is 0 Å². The van der Waals surface area contributed by atoms with Gasteiger partial charge in [-0.05, 0) is 87.8 Å². The fraction of sp³-hybridized carbons (Fsp3) is 0.500. The summed E-state index contributed by atoms with van der Waals surface area (Å²) in [6, 6.07) is 16.5. The number of carbonyl (C=O) groups is 2. The largest absolute Gasteiger partial charge is 0.393 e. The Morgan fingerprint density at radius 2 is 1.72 bits per heavy atom. The zero-order chi connectivity index (χ0) is 30.4. The van der Waals surface area contributed by atoms with Crippen molar-refractivity contribution < 1.29 is 29.3 Å². The normalized spacial score (nSPS) is 41.2. The number of aliphatic hydroxyl groups is 2. The first kappa shape index (κ1) is 29.2. The number of benzene rings is 2. The third kappa shape index (κ3) is 4.15. The van der Waals surface area contributed by atoms with E-state index in [-0.39, 0.29) is 29.3 Å². The van der Waals surface area contributed by atoms with Crippen LogP contribution in [0, 0.1) is 35.5 Å². The number of aliphatic hydroxyl groups excluding tert-OH is 2. The van der Waals surface area contributed by atoms with Crippen molar-refractivity contribution >= 4 is 23.3 Å². The predicted octanol–water partition coefficient (Wildman–Crippen LogP) is 5.92. The highest BCUT2D eigenvalue weighted by Crippen LogP contribution is 2.71. The second-order valence-corrected chi connectivity index (χ2v) is 15.0. The summed E-state index contributed by atoms with van der Waals surface area (Å²) in [6.45, 7) is 7.49. The molecule has 4 aliphatic carbocycles. The Morgan fingerprint density at radius 1 is 1.05 bits per heavy atom. The van der Waals surface area contributed by atoms with Crippen molar-refractivity contribution in [3.05, 3.63) is 83.5 Å². The van der Waals surface area contributed by atoms with Gasteiger partial charge < -0.3 is 19.7 Å². The third-order valence-corrected chi connectivity index (χ3v) is 12.6. The summed E-state index contributed by atoms with van der Waals surface area (Å²) in [6.07, 6.45) is 6.71. The highest BCUT2D eigenvalue weighted by atomic mass is 32.2. The van der Waals surface area contributed by atoms with Crippen molar-refractivity contribution in [1.29, 1.82) is 0 Å². The Kier molecular flexibility index (Phi) is 6.77. The van der Waals surface area contributed by atoms with Crippen LogP contribution in [0.4, 0.5) is 0 Å². The van der Waals surface area contributed by atoms with Crippen molar-refractivity contribution in [2.45, 2.75) is 86.8 Å². The standard InChI is InChI=1S/C36H40O6S/c1-21-5-10-25(11-6-21)43-26-12-7-22(8-13-26)35(4)41-31-18-28-27-14-9-23-17-24(38)15-16-33(23,2)32(27)29(39)19-34(28,3)36(31,42-35)30(40)20-37/h5-8,10-13,15-17,27-29,31-32,37,39H,9,14,18-20H2,1-4H3/t27-,28-,29-,31+,32+,33-,34-,35+,36+/m0/s1. The minimum atomic E-state index is -1.38. The molecule has 3 saturated carbocycles. The Hall–Kier alpha value is -2.55. The number of aryl methyl sites for hydroxylation is 1. The molecule has 2 aromatic rings. The molecule has 9 atom stereocenters.